The number of methoxy groups -OCH3 is 1. The maximum atomic E-state index is 14.2. The molecule has 1 unspecified atom stereocenters. The molecule has 0 spiro atoms. The van der Waals surface area contributed by atoms with E-state index < -0.39 is 21.9 Å². The van der Waals surface area contributed by atoms with Crippen LogP contribution in [0.5, 0.6) is 5.75 Å². The van der Waals surface area contributed by atoms with E-state index in [4.69, 9.17) is 4.74 Å². The Morgan fingerprint density at radius 2 is 2.03 bits per heavy atom. The van der Waals surface area contributed by atoms with E-state index in [0.717, 1.165) is 43.8 Å². The van der Waals surface area contributed by atoms with Gasteiger partial charge in [0.2, 0.25) is 10.0 Å². The Kier molecular flexibility index (Phi) is 6.77. The molecule has 0 bridgehead atoms. The molecule has 8 heteroatoms. The number of rotatable bonds is 7. The second-order valence-corrected chi connectivity index (χ2v) is 9.21. The summed E-state index contributed by atoms with van der Waals surface area (Å²) in [5.74, 6) is 0.246. The van der Waals surface area contributed by atoms with Gasteiger partial charge in [0.05, 0.1) is 19.5 Å². The Morgan fingerprint density at radius 1 is 1.24 bits per heavy atom. The molecule has 0 fully saturated rings. The number of ether oxygens (including phenoxy) is 1. The van der Waals surface area contributed by atoms with Crippen LogP contribution in [0.2, 0.25) is 0 Å². The Morgan fingerprint density at radius 3 is 2.76 bits per heavy atom. The first-order chi connectivity index (χ1) is 13.7. The molecule has 6 nitrogen and oxygen atoms in total. The topological polar surface area (TPSA) is 87.7 Å². The molecule has 2 aromatic carbocycles. The molecule has 0 heterocycles. The standard InChI is InChI=1S/C21H27FN2O4S/c1-28-18-8-6-14-4-3-5-16(10-15(14)11-18)23-13-21(25)19-12-17(7-9-20(19)22)24-29(2,26)27/h6-9,11-12,16,21,23-25H,3-5,10,13H2,1-2H3/t16?,21-/m1/s1. The van der Waals surface area contributed by atoms with Gasteiger partial charge in [0.15, 0.2) is 0 Å². The molecular weight excluding hydrogens is 395 g/mol. The Labute approximate surface area is 171 Å². The van der Waals surface area contributed by atoms with Gasteiger partial charge in [-0.3, -0.25) is 4.72 Å². The number of aryl methyl sites for hydroxylation is 1. The normalized spacial score (nSPS) is 17.9. The number of aliphatic hydroxyl groups excluding tert-OH is 1. The molecule has 1 aliphatic carbocycles. The Bertz CT molecular complexity index is 965. The van der Waals surface area contributed by atoms with Crippen LogP contribution in [0.4, 0.5) is 10.1 Å². The van der Waals surface area contributed by atoms with Crippen LogP contribution in [-0.4, -0.2) is 39.5 Å². The van der Waals surface area contributed by atoms with Crippen LogP contribution in [0.15, 0.2) is 36.4 Å². The average Bonchev–Trinajstić information content (AvgIpc) is 2.87. The molecule has 0 radical (unpaired) electrons. The maximum Gasteiger partial charge on any atom is 0.229 e. The summed E-state index contributed by atoms with van der Waals surface area (Å²) in [5.41, 5.74) is 2.81. The van der Waals surface area contributed by atoms with Gasteiger partial charge in [0.1, 0.15) is 11.6 Å². The highest BCUT2D eigenvalue weighted by molar-refractivity contribution is 7.92. The number of fused-ring (bicyclic) bond motifs is 1. The van der Waals surface area contributed by atoms with Crippen LogP contribution in [0, 0.1) is 5.82 Å². The summed E-state index contributed by atoms with van der Waals surface area (Å²) >= 11 is 0. The SMILES string of the molecule is COc1ccc2c(c1)CC(NC[C@@H](O)c1cc(NS(C)(=O)=O)ccc1F)CCC2. The lowest BCUT2D eigenvalue weighted by Gasteiger charge is -2.21. The Balaban J connectivity index is 1.67. The zero-order chi connectivity index (χ0) is 21.0. The van der Waals surface area contributed by atoms with Crippen molar-refractivity contribution in [2.75, 3.05) is 24.6 Å². The molecular formula is C21H27FN2O4S. The quantitative estimate of drug-likeness (QED) is 0.598. The number of benzene rings is 2. The minimum atomic E-state index is -3.48. The van der Waals surface area contributed by atoms with Crippen molar-refractivity contribution in [2.24, 2.45) is 0 Å². The smallest absolute Gasteiger partial charge is 0.229 e. The summed E-state index contributed by atoms with van der Waals surface area (Å²) in [4.78, 5) is 0. The minimum Gasteiger partial charge on any atom is -0.497 e. The Hall–Kier alpha value is -2.16. The van der Waals surface area contributed by atoms with E-state index in [2.05, 4.69) is 16.1 Å². The van der Waals surface area contributed by atoms with Crippen LogP contribution in [0.3, 0.4) is 0 Å². The van der Waals surface area contributed by atoms with E-state index in [0.29, 0.717) is 0 Å². The van der Waals surface area contributed by atoms with E-state index in [1.165, 1.54) is 23.3 Å². The third kappa shape index (κ3) is 5.91. The van der Waals surface area contributed by atoms with Crippen LogP contribution < -0.4 is 14.8 Å². The highest BCUT2D eigenvalue weighted by Crippen LogP contribution is 2.26. The third-order valence-electron chi connectivity index (χ3n) is 5.14. The zero-order valence-electron chi connectivity index (χ0n) is 16.6. The van der Waals surface area contributed by atoms with Crippen molar-refractivity contribution in [3.63, 3.8) is 0 Å². The van der Waals surface area contributed by atoms with Gasteiger partial charge < -0.3 is 15.2 Å². The van der Waals surface area contributed by atoms with Crippen molar-refractivity contribution in [1.29, 1.82) is 0 Å². The summed E-state index contributed by atoms with van der Waals surface area (Å²) in [5, 5.41) is 13.8. The predicted octanol–water partition coefficient (Wildman–Crippen LogP) is 2.78. The fourth-order valence-corrected chi connectivity index (χ4v) is 4.26. The van der Waals surface area contributed by atoms with Gasteiger partial charge in [-0.25, -0.2) is 12.8 Å². The fraction of sp³-hybridized carbons (Fsp3) is 0.429. The van der Waals surface area contributed by atoms with E-state index in [9.17, 15) is 17.9 Å². The highest BCUT2D eigenvalue weighted by atomic mass is 32.2. The molecule has 2 aromatic rings. The number of nitrogens with one attached hydrogen (secondary N) is 2. The molecule has 1 aliphatic rings. The first-order valence-corrected chi connectivity index (χ1v) is 11.5. The monoisotopic (exact) mass is 422 g/mol. The lowest BCUT2D eigenvalue weighted by atomic mass is 10.0. The second-order valence-electron chi connectivity index (χ2n) is 7.46. The first kappa shape index (κ1) is 21.5. The molecule has 0 aliphatic heterocycles. The summed E-state index contributed by atoms with van der Waals surface area (Å²) in [6.45, 7) is 0.170. The van der Waals surface area contributed by atoms with Crippen LogP contribution in [0.1, 0.15) is 35.6 Å². The van der Waals surface area contributed by atoms with Crippen molar-refractivity contribution in [1.82, 2.24) is 5.32 Å². The number of hydrogen-bond acceptors (Lipinski definition) is 5. The van der Waals surface area contributed by atoms with Gasteiger partial charge >= 0.3 is 0 Å². The number of anilines is 1. The number of sulfonamides is 1. The summed E-state index contributed by atoms with van der Waals surface area (Å²) in [6, 6.07) is 10.1. The van der Waals surface area contributed by atoms with E-state index >= 15 is 0 Å². The van der Waals surface area contributed by atoms with Gasteiger partial charge in [-0.1, -0.05) is 6.07 Å². The lowest BCUT2D eigenvalue weighted by molar-refractivity contribution is 0.164. The maximum absolute atomic E-state index is 14.2. The third-order valence-corrected chi connectivity index (χ3v) is 5.74. The number of hydrogen-bond donors (Lipinski definition) is 3. The summed E-state index contributed by atoms with van der Waals surface area (Å²) in [7, 11) is -1.84. The van der Waals surface area contributed by atoms with Crippen molar-refractivity contribution in [3.8, 4) is 5.75 Å². The van der Waals surface area contributed by atoms with Crippen LogP contribution in [0.25, 0.3) is 0 Å². The molecule has 3 rings (SSSR count). The summed E-state index contributed by atoms with van der Waals surface area (Å²) in [6.07, 6.45) is 3.69. The molecule has 3 N–H and O–H groups in total. The van der Waals surface area contributed by atoms with Gasteiger partial charge in [0.25, 0.3) is 0 Å². The molecule has 0 saturated carbocycles. The largest absolute Gasteiger partial charge is 0.497 e. The van der Waals surface area contributed by atoms with Crippen molar-refractivity contribution < 1.29 is 22.7 Å². The van der Waals surface area contributed by atoms with Crippen molar-refractivity contribution in [2.45, 2.75) is 37.8 Å². The second kappa shape index (κ2) is 9.11. The fourth-order valence-electron chi connectivity index (χ4n) is 3.71. The zero-order valence-corrected chi connectivity index (χ0v) is 17.4. The molecule has 158 valence electrons. The van der Waals surface area contributed by atoms with E-state index in [-0.39, 0.29) is 23.8 Å². The number of halogens is 1. The first-order valence-electron chi connectivity index (χ1n) is 9.59. The summed E-state index contributed by atoms with van der Waals surface area (Å²) < 4.78 is 44.6. The molecule has 2 atom stereocenters. The minimum absolute atomic E-state index is 0.0573. The molecule has 0 saturated heterocycles. The van der Waals surface area contributed by atoms with Gasteiger partial charge in [-0.15, -0.1) is 0 Å². The van der Waals surface area contributed by atoms with Gasteiger partial charge in [-0.2, -0.15) is 0 Å². The number of aliphatic hydroxyl groups is 1. The molecule has 0 aromatic heterocycles. The predicted molar refractivity (Wildman–Crippen MR) is 111 cm³/mol. The van der Waals surface area contributed by atoms with Crippen LogP contribution >= 0.6 is 0 Å². The molecule has 29 heavy (non-hydrogen) atoms. The van der Waals surface area contributed by atoms with Crippen molar-refractivity contribution in [3.05, 3.63) is 58.9 Å². The highest BCUT2D eigenvalue weighted by Gasteiger charge is 2.20. The van der Waals surface area contributed by atoms with Gasteiger partial charge in [-0.05, 0) is 67.1 Å². The van der Waals surface area contributed by atoms with Crippen molar-refractivity contribution >= 4 is 15.7 Å². The van der Waals surface area contributed by atoms with Gasteiger partial charge in [0, 0.05) is 23.8 Å². The average molecular weight is 423 g/mol. The van der Waals surface area contributed by atoms with Crippen LogP contribution in [-0.2, 0) is 22.9 Å². The molecule has 0 amide bonds. The van der Waals surface area contributed by atoms with E-state index in [1.54, 1.807) is 7.11 Å². The van der Waals surface area contributed by atoms with E-state index in [1.807, 2.05) is 12.1 Å². The lowest BCUT2D eigenvalue weighted by Crippen LogP contribution is -2.34.